The van der Waals surface area contributed by atoms with E-state index < -0.39 is 11.5 Å². The molecule has 1 amide bonds. The van der Waals surface area contributed by atoms with Crippen molar-refractivity contribution >= 4 is 5.91 Å². The van der Waals surface area contributed by atoms with Gasteiger partial charge in [-0.2, -0.15) is 0 Å². The Morgan fingerprint density at radius 3 is 2.52 bits per heavy atom. The van der Waals surface area contributed by atoms with Crippen LogP contribution in [0.15, 0.2) is 73.3 Å². The summed E-state index contributed by atoms with van der Waals surface area (Å²) < 4.78 is 6.00. The minimum absolute atomic E-state index is 0.430. The summed E-state index contributed by atoms with van der Waals surface area (Å²) in [4.78, 5) is 23.0. The fraction of sp³-hybridized carbons (Fsp3) is 0.261. The molecule has 0 aliphatic carbocycles. The summed E-state index contributed by atoms with van der Waals surface area (Å²) >= 11 is 0. The fourth-order valence-electron chi connectivity index (χ4n) is 3.81. The van der Waals surface area contributed by atoms with Crippen molar-refractivity contribution in [2.75, 3.05) is 19.7 Å². The zero-order valence-electron chi connectivity index (χ0n) is 16.2. The molecule has 6 nitrogen and oxygen atoms in total. The molecule has 2 aromatic heterocycles. The summed E-state index contributed by atoms with van der Waals surface area (Å²) in [6.45, 7) is 2.38. The van der Waals surface area contributed by atoms with E-state index in [1.165, 1.54) is 0 Å². The molecular formula is C23H24N4O2. The van der Waals surface area contributed by atoms with Crippen LogP contribution in [-0.2, 0) is 22.5 Å². The molecule has 3 heterocycles. The highest BCUT2D eigenvalue weighted by molar-refractivity contribution is 5.84. The first kappa shape index (κ1) is 19.2. The molecule has 1 aliphatic rings. The number of carbonyl (C=O) groups excluding carboxylic acids is 1. The van der Waals surface area contributed by atoms with Crippen molar-refractivity contribution in [3.63, 3.8) is 0 Å². The number of hydrogen-bond donors (Lipinski definition) is 1. The number of primary amides is 1. The molecule has 3 aromatic rings. The number of benzene rings is 1. The van der Waals surface area contributed by atoms with Crippen LogP contribution in [0.25, 0.3) is 11.1 Å². The summed E-state index contributed by atoms with van der Waals surface area (Å²) in [7, 11) is 0. The number of rotatable bonds is 6. The molecule has 1 saturated heterocycles. The van der Waals surface area contributed by atoms with E-state index in [0.29, 0.717) is 26.1 Å². The number of ether oxygens (including phenoxy) is 1. The number of aromatic nitrogens is 2. The molecule has 4 rings (SSSR count). The highest BCUT2D eigenvalue weighted by Crippen LogP contribution is 2.27. The largest absolute Gasteiger partial charge is 0.367 e. The van der Waals surface area contributed by atoms with E-state index in [4.69, 9.17) is 10.5 Å². The maximum absolute atomic E-state index is 12.5. The van der Waals surface area contributed by atoms with Crippen molar-refractivity contribution in [3.8, 4) is 11.1 Å². The predicted molar refractivity (Wildman–Crippen MR) is 111 cm³/mol. The lowest BCUT2D eigenvalue weighted by Gasteiger charge is -2.40. The topological polar surface area (TPSA) is 81.3 Å². The summed E-state index contributed by atoms with van der Waals surface area (Å²) in [6.07, 6.45) is 7.61. The Morgan fingerprint density at radius 2 is 1.79 bits per heavy atom. The Bertz CT molecular complexity index is 965. The molecule has 0 spiro atoms. The van der Waals surface area contributed by atoms with Crippen LogP contribution in [-0.4, -0.2) is 46.1 Å². The van der Waals surface area contributed by atoms with Gasteiger partial charge < -0.3 is 10.5 Å². The maximum atomic E-state index is 12.5. The summed E-state index contributed by atoms with van der Waals surface area (Å²) in [5, 5.41) is 0. The van der Waals surface area contributed by atoms with Crippen molar-refractivity contribution in [2.45, 2.75) is 18.6 Å². The fourth-order valence-corrected chi connectivity index (χ4v) is 3.81. The predicted octanol–water partition coefficient (Wildman–Crippen LogP) is 2.44. The van der Waals surface area contributed by atoms with Gasteiger partial charge in [0.1, 0.15) is 0 Å². The molecule has 0 radical (unpaired) electrons. The maximum Gasteiger partial charge on any atom is 0.251 e. The highest BCUT2D eigenvalue weighted by Gasteiger charge is 2.42. The van der Waals surface area contributed by atoms with Crippen LogP contribution in [0.2, 0.25) is 0 Å². The molecule has 1 aromatic carbocycles. The zero-order valence-corrected chi connectivity index (χ0v) is 16.2. The lowest BCUT2D eigenvalue weighted by atomic mass is 9.90. The van der Waals surface area contributed by atoms with Crippen molar-refractivity contribution in [2.24, 2.45) is 5.73 Å². The van der Waals surface area contributed by atoms with Gasteiger partial charge in [0, 0.05) is 50.8 Å². The normalized spacial score (nSPS) is 19.7. The van der Waals surface area contributed by atoms with Crippen LogP contribution in [0.3, 0.4) is 0 Å². The third-order valence-electron chi connectivity index (χ3n) is 5.25. The molecule has 1 atom stereocenters. The summed E-state index contributed by atoms with van der Waals surface area (Å²) in [5.74, 6) is -0.430. The van der Waals surface area contributed by atoms with E-state index in [1.807, 2.05) is 54.9 Å². The van der Waals surface area contributed by atoms with E-state index in [-0.39, 0.29) is 0 Å². The van der Waals surface area contributed by atoms with Gasteiger partial charge in [-0.3, -0.25) is 19.7 Å². The Labute approximate surface area is 170 Å². The van der Waals surface area contributed by atoms with Gasteiger partial charge in [-0.15, -0.1) is 0 Å². The van der Waals surface area contributed by atoms with Crippen LogP contribution < -0.4 is 5.73 Å². The lowest BCUT2D eigenvalue weighted by molar-refractivity contribution is -0.157. The molecule has 0 bridgehead atoms. The number of pyridine rings is 2. The zero-order chi connectivity index (χ0) is 20.1. The second kappa shape index (κ2) is 8.51. The number of carbonyl (C=O) groups is 1. The molecule has 1 aliphatic heterocycles. The van der Waals surface area contributed by atoms with Crippen LogP contribution in [0.1, 0.15) is 11.1 Å². The SMILES string of the molecule is NC(=O)[C@@]1(Cc2cccc(-c3cccnc3)c2)CN(Cc2cccnc2)CCO1. The molecule has 2 N–H and O–H groups in total. The van der Waals surface area contributed by atoms with Crippen molar-refractivity contribution in [1.82, 2.24) is 14.9 Å². The molecule has 6 heteroatoms. The lowest BCUT2D eigenvalue weighted by Crippen LogP contribution is -2.59. The molecule has 29 heavy (non-hydrogen) atoms. The number of hydrogen-bond acceptors (Lipinski definition) is 5. The third-order valence-corrected chi connectivity index (χ3v) is 5.25. The van der Waals surface area contributed by atoms with Gasteiger partial charge in [-0.05, 0) is 34.4 Å². The molecule has 1 fully saturated rings. The molecule has 0 unspecified atom stereocenters. The minimum Gasteiger partial charge on any atom is -0.367 e. The monoisotopic (exact) mass is 388 g/mol. The van der Waals surface area contributed by atoms with Crippen LogP contribution in [0.5, 0.6) is 0 Å². The van der Waals surface area contributed by atoms with Gasteiger partial charge in [0.2, 0.25) is 0 Å². The van der Waals surface area contributed by atoms with Gasteiger partial charge in [0.25, 0.3) is 5.91 Å². The highest BCUT2D eigenvalue weighted by atomic mass is 16.5. The van der Waals surface area contributed by atoms with Crippen molar-refractivity contribution in [1.29, 1.82) is 0 Å². The van der Waals surface area contributed by atoms with E-state index in [0.717, 1.165) is 28.8 Å². The standard InChI is InChI=1S/C23H24N4O2/c24-22(28)23(17-27(10-11-29-23)16-19-5-2-8-25-14-19)13-18-4-1-6-20(12-18)21-7-3-9-26-15-21/h1-9,12,14-15H,10-11,13,16-17H2,(H2,24,28)/t23-/m1/s1. The summed E-state index contributed by atoms with van der Waals surface area (Å²) in [5.41, 5.74) is 8.99. The number of amides is 1. The molecule has 148 valence electrons. The van der Waals surface area contributed by atoms with Gasteiger partial charge in [-0.25, -0.2) is 0 Å². The Kier molecular flexibility index (Phi) is 5.64. The average Bonchev–Trinajstić information content (AvgIpc) is 2.75. The van der Waals surface area contributed by atoms with Gasteiger partial charge >= 0.3 is 0 Å². The third kappa shape index (κ3) is 4.50. The number of nitrogens with two attached hydrogens (primary N) is 1. The van der Waals surface area contributed by atoms with E-state index in [1.54, 1.807) is 12.4 Å². The van der Waals surface area contributed by atoms with Crippen LogP contribution >= 0.6 is 0 Å². The van der Waals surface area contributed by atoms with Gasteiger partial charge in [-0.1, -0.05) is 36.4 Å². The first-order valence-electron chi connectivity index (χ1n) is 9.69. The average molecular weight is 388 g/mol. The van der Waals surface area contributed by atoms with Gasteiger partial charge in [0.05, 0.1) is 6.61 Å². The second-order valence-corrected chi connectivity index (χ2v) is 7.40. The van der Waals surface area contributed by atoms with E-state index in [9.17, 15) is 4.79 Å². The second-order valence-electron chi connectivity index (χ2n) is 7.40. The van der Waals surface area contributed by atoms with Gasteiger partial charge in [0.15, 0.2) is 5.60 Å². The molecular weight excluding hydrogens is 364 g/mol. The Hall–Kier alpha value is -3.09. The van der Waals surface area contributed by atoms with E-state index >= 15 is 0 Å². The van der Waals surface area contributed by atoms with Crippen molar-refractivity contribution < 1.29 is 9.53 Å². The van der Waals surface area contributed by atoms with Crippen LogP contribution in [0.4, 0.5) is 0 Å². The number of morpholine rings is 1. The quantitative estimate of drug-likeness (QED) is 0.701. The Morgan fingerprint density at radius 1 is 1.03 bits per heavy atom. The molecule has 0 saturated carbocycles. The summed E-state index contributed by atoms with van der Waals surface area (Å²) in [6, 6.07) is 16.0. The first-order valence-corrected chi connectivity index (χ1v) is 9.69. The number of nitrogens with zero attached hydrogens (tertiary/aromatic N) is 3. The van der Waals surface area contributed by atoms with Crippen molar-refractivity contribution in [3.05, 3.63) is 84.4 Å². The Balaban J connectivity index is 1.55. The first-order chi connectivity index (χ1) is 14.1. The smallest absolute Gasteiger partial charge is 0.251 e. The minimum atomic E-state index is -1.05. The van der Waals surface area contributed by atoms with E-state index in [2.05, 4.69) is 20.9 Å². The van der Waals surface area contributed by atoms with Crippen LogP contribution in [0, 0.1) is 0 Å².